The van der Waals surface area contributed by atoms with Crippen LogP contribution in [0.15, 0.2) is 24.3 Å². The molecule has 0 aliphatic carbocycles. The zero-order chi connectivity index (χ0) is 9.40. The van der Waals surface area contributed by atoms with Crippen LogP contribution in [0.3, 0.4) is 0 Å². The molecule has 0 saturated heterocycles. The Morgan fingerprint density at radius 2 is 1.25 bits per heavy atom. The van der Waals surface area contributed by atoms with Gasteiger partial charge in [-0.1, -0.05) is 24.3 Å². The summed E-state index contributed by atoms with van der Waals surface area (Å²) in [7, 11) is 1.50. The first-order valence-electron chi connectivity index (χ1n) is 3.93. The van der Waals surface area contributed by atoms with E-state index >= 15 is 0 Å². The molecule has 0 amide bonds. The Bertz CT molecular complexity index is 188. The number of hydrogen-bond donors (Lipinski definition) is 3. The fraction of sp³-hybridized carbons (Fsp3) is 0.333. The van der Waals surface area contributed by atoms with Crippen LogP contribution in [0.5, 0.6) is 0 Å². The molecule has 6 N–H and O–H groups in total. The summed E-state index contributed by atoms with van der Waals surface area (Å²) in [6.45, 7) is 1.15. The van der Waals surface area contributed by atoms with Gasteiger partial charge in [0.15, 0.2) is 0 Å². The van der Waals surface area contributed by atoms with Gasteiger partial charge in [0.25, 0.3) is 0 Å². The van der Waals surface area contributed by atoms with Crippen molar-refractivity contribution in [2.75, 3.05) is 7.05 Å². The molecule has 0 radical (unpaired) electrons. The molecule has 1 aromatic carbocycles. The Balaban J connectivity index is 0.000000561. The minimum Gasteiger partial charge on any atom is -0.333 e. The van der Waals surface area contributed by atoms with Gasteiger partial charge in [0.1, 0.15) is 0 Å². The molecule has 3 nitrogen and oxygen atoms in total. The van der Waals surface area contributed by atoms with Crippen LogP contribution < -0.4 is 17.2 Å². The van der Waals surface area contributed by atoms with Crippen molar-refractivity contribution >= 4 is 0 Å². The van der Waals surface area contributed by atoms with Gasteiger partial charge in [-0.3, -0.25) is 0 Å². The summed E-state index contributed by atoms with van der Waals surface area (Å²) >= 11 is 0. The standard InChI is InChI=1S/C8H12N2.CH5N/c9-5-7-3-1-2-4-8(7)6-10;1-2/h1-4H,5-6,9-10H2;2H2,1H3. The minimum absolute atomic E-state index is 0.577. The molecule has 0 heterocycles. The van der Waals surface area contributed by atoms with Gasteiger partial charge in [-0.2, -0.15) is 0 Å². The quantitative estimate of drug-likeness (QED) is 0.588. The van der Waals surface area contributed by atoms with Gasteiger partial charge in [0.05, 0.1) is 0 Å². The molecule has 0 bridgehead atoms. The van der Waals surface area contributed by atoms with E-state index in [1.54, 1.807) is 0 Å². The van der Waals surface area contributed by atoms with E-state index in [2.05, 4.69) is 5.73 Å². The normalized spacial score (nSPS) is 8.67. The van der Waals surface area contributed by atoms with Gasteiger partial charge in [0, 0.05) is 13.1 Å². The summed E-state index contributed by atoms with van der Waals surface area (Å²) in [5.41, 5.74) is 17.7. The zero-order valence-corrected chi connectivity index (χ0v) is 7.46. The predicted octanol–water partition coefficient (Wildman–Crippen LogP) is 0.179. The highest BCUT2D eigenvalue weighted by Crippen LogP contribution is 2.05. The van der Waals surface area contributed by atoms with Crippen molar-refractivity contribution in [2.24, 2.45) is 17.2 Å². The van der Waals surface area contributed by atoms with E-state index in [1.165, 1.54) is 7.05 Å². The number of hydrogen-bond acceptors (Lipinski definition) is 3. The number of rotatable bonds is 2. The van der Waals surface area contributed by atoms with E-state index < -0.39 is 0 Å². The highest BCUT2D eigenvalue weighted by atomic mass is 14.6. The molecule has 3 heteroatoms. The molecule has 0 unspecified atom stereocenters. The van der Waals surface area contributed by atoms with Crippen LogP contribution in [0.2, 0.25) is 0 Å². The molecule has 1 rings (SSSR count). The molecule has 12 heavy (non-hydrogen) atoms. The number of benzene rings is 1. The third-order valence-electron chi connectivity index (χ3n) is 1.56. The molecule has 1 aromatic rings. The van der Waals surface area contributed by atoms with Gasteiger partial charge in [-0.25, -0.2) is 0 Å². The maximum Gasteiger partial charge on any atom is 0.0181 e. The van der Waals surface area contributed by atoms with E-state index in [-0.39, 0.29) is 0 Å². The van der Waals surface area contributed by atoms with E-state index in [0.29, 0.717) is 13.1 Å². The van der Waals surface area contributed by atoms with Crippen molar-refractivity contribution in [1.29, 1.82) is 0 Å². The monoisotopic (exact) mass is 167 g/mol. The van der Waals surface area contributed by atoms with Crippen LogP contribution in [0.1, 0.15) is 11.1 Å². The Morgan fingerprint density at radius 3 is 1.50 bits per heavy atom. The van der Waals surface area contributed by atoms with Crippen molar-refractivity contribution in [3.05, 3.63) is 35.4 Å². The molecule has 0 aromatic heterocycles. The molecule has 0 saturated carbocycles. The Kier molecular flexibility index (Phi) is 6.28. The molecule has 0 atom stereocenters. The average molecular weight is 167 g/mol. The third-order valence-corrected chi connectivity index (χ3v) is 1.56. The van der Waals surface area contributed by atoms with Crippen LogP contribution in [-0.4, -0.2) is 7.05 Å². The topological polar surface area (TPSA) is 78.1 Å². The molecule has 0 fully saturated rings. The average Bonchev–Trinajstić information content (AvgIpc) is 2.20. The summed E-state index contributed by atoms with van der Waals surface area (Å²) < 4.78 is 0. The van der Waals surface area contributed by atoms with Crippen molar-refractivity contribution in [3.8, 4) is 0 Å². The number of nitrogens with two attached hydrogens (primary N) is 3. The third kappa shape index (κ3) is 3.00. The van der Waals surface area contributed by atoms with Gasteiger partial charge in [0.2, 0.25) is 0 Å². The van der Waals surface area contributed by atoms with Gasteiger partial charge < -0.3 is 17.2 Å². The second kappa shape index (κ2) is 6.79. The zero-order valence-electron chi connectivity index (χ0n) is 7.46. The molecule has 0 spiro atoms. The minimum atomic E-state index is 0.577. The second-order valence-corrected chi connectivity index (χ2v) is 2.18. The fourth-order valence-corrected chi connectivity index (χ4v) is 0.956. The molecule has 68 valence electrons. The lowest BCUT2D eigenvalue weighted by Gasteiger charge is -2.02. The molecular weight excluding hydrogens is 150 g/mol. The van der Waals surface area contributed by atoms with E-state index in [4.69, 9.17) is 11.5 Å². The van der Waals surface area contributed by atoms with E-state index in [0.717, 1.165) is 11.1 Å². The summed E-state index contributed by atoms with van der Waals surface area (Å²) in [5.74, 6) is 0. The lowest BCUT2D eigenvalue weighted by atomic mass is 10.1. The second-order valence-electron chi connectivity index (χ2n) is 2.18. The van der Waals surface area contributed by atoms with Crippen LogP contribution >= 0.6 is 0 Å². The van der Waals surface area contributed by atoms with E-state index in [9.17, 15) is 0 Å². The molecule has 0 aliphatic heterocycles. The Labute approximate surface area is 73.6 Å². The maximum atomic E-state index is 5.47. The predicted molar refractivity (Wildman–Crippen MR) is 52.3 cm³/mol. The maximum absolute atomic E-state index is 5.47. The van der Waals surface area contributed by atoms with Gasteiger partial charge in [-0.15, -0.1) is 0 Å². The SMILES string of the molecule is CN.NCc1ccccc1CN. The van der Waals surface area contributed by atoms with Crippen molar-refractivity contribution in [2.45, 2.75) is 13.1 Å². The highest BCUT2D eigenvalue weighted by molar-refractivity contribution is 5.26. The first kappa shape index (κ1) is 11.1. The smallest absolute Gasteiger partial charge is 0.0181 e. The fourth-order valence-electron chi connectivity index (χ4n) is 0.956. The lowest BCUT2D eigenvalue weighted by molar-refractivity contribution is 0.980. The van der Waals surface area contributed by atoms with Gasteiger partial charge in [-0.05, 0) is 18.2 Å². The van der Waals surface area contributed by atoms with Crippen molar-refractivity contribution < 1.29 is 0 Å². The molecular formula is C9H17N3. The van der Waals surface area contributed by atoms with Crippen molar-refractivity contribution in [1.82, 2.24) is 0 Å². The van der Waals surface area contributed by atoms with Crippen LogP contribution in [0, 0.1) is 0 Å². The summed E-state index contributed by atoms with van der Waals surface area (Å²) in [6.07, 6.45) is 0. The first-order chi connectivity index (χ1) is 5.88. The summed E-state index contributed by atoms with van der Waals surface area (Å²) in [6, 6.07) is 7.95. The summed E-state index contributed by atoms with van der Waals surface area (Å²) in [4.78, 5) is 0. The van der Waals surface area contributed by atoms with Crippen LogP contribution in [0.4, 0.5) is 0 Å². The van der Waals surface area contributed by atoms with Crippen LogP contribution in [0.25, 0.3) is 0 Å². The van der Waals surface area contributed by atoms with E-state index in [1.807, 2.05) is 24.3 Å². The largest absolute Gasteiger partial charge is 0.333 e. The van der Waals surface area contributed by atoms with Gasteiger partial charge >= 0.3 is 0 Å². The Morgan fingerprint density at radius 1 is 0.917 bits per heavy atom. The first-order valence-corrected chi connectivity index (χ1v) is 3.93. The van der Waals surface area contributed by atoms with Crippen molar-refractivity contribution in [3.63, 3.8) is 0 Å². The van der Waals surface area contributed by atoms with Crippen LogP contribution in [-0.2, 0) is 13.1 Å². The lowest BCUT2D eigenvalue weighted by Crippen LogP contribution is -2.05. The summed E-state index contributed by atoms with van der Waals surface area (Å²) in [5, 5.41) is 0. The molecule has 0 aliphatic rings. The highest BCUT2D eigenvalue weighted by Gasteiger charge is 1.94. The Hall–Kier alpha value is -0.900.